The summed E-state index contributed by atoms with van der Waals surface area (Å²) >= 11 is 5.79. The smallest absolute Gasteiger partial charge is 0.288 e. The molecule has 0 bridgehead atoms. The molecule has 0 unspecified atom stereocenters. The largest absolute Gasteiger partial charge is 0.484 e. The number of nitrogens with zero attached hydrogens (tertiary/aromatic N) is 2. The van der Waals surface area contributed by atoms with Gasteiger partial charge in [0, 0.05) is 25.2 Å². The SMILES string of the molecule is CC1CCN(C(=O)COc2ccc([N+](=O)[O-])c(Cl)c2)CC1. The lowest BCUT2D eigenvalue weighted by atomic mass is 9.99. The third-order valence-corrected chi connectivity index (χ3v) is 3.92. The van der Waals surface area contributed by atoms with Crippen molar-refractivity contribution in [2.75, 3.05) is 19.7 Å². The average Bonchev–Trinajstić information content (AvgIpc) is 2.45. The van der Waals surface area contributed by atoms with Crippen LogP contribution in [0.25, 0.3) is 0 Å². The minimum atomic E-state index is -0.563. The lowest BCUT2D eigenvalue weighted by molar-refractivity contribution is -0.384. The Balaban J connectivity index is 1.89. The number of nitro benzene ring substituents is 1. The van der Waals surface area contributed by atoms with Gasteiger partial charge in [-0.15, -0.1) is 0 Å². The Hall–Kier alpha value is -1.82. The standard InChI is InChI=1S/C14H17ClN2O4/c1-10-4-6-16(7-5-10)14(18)9-21-11-2-3-13(17(19)20)12(15)8-11/h2-3,8,10H,4-7,9H2,1H3. The molecule has 7 heteroatoms. The van der Waals surface area contributed by atoms with Gasteiger partial charge in [0.25, 0.3) is 11.6 Å². The van der Waals surface area contributed by atoms with E-state index in [9.17, 15) is 14.9 Å². The van der Waals surface area contributed by atoms with Crippen LogP contribution in [0, 0.1) is 16.0 Å². The van der Waals surface area contributed by atoms with Crippen LogP contribution in [0.1, 0.15) is 19.8 Å². The number of halogens is 1. The van der Waals surface area contributed by atoms with Gasteiger partial charge < -0.3 is 9.64 Å². The summed E-state index contributed by atoms with van der Waals surface area (Å²) < 4.78 is 5.37. The molecule has 0 aliphatic carbocycles. The summed E-state index contributed by atoms with van der Waals surface area (Å²) in [6.07, 6.45) is 2.02. The summed E-state index contributed by atoms with van der Waals surface area (Å²) in [7, 11) is 0. The fourth-order valence-electron chi connectivity index (χ4n) is 2.22. The summed E-state index contributed by atoms with van der Waals surface area (Å²) in [5, 5.41) is 10.6. The number of ether oxygens (including phenoxy) is 1. The minimum absolute atomic E-state index is 0.00301. The van der Waals surface area contributed by atoms with Gasteiger partial charge in [-0.2, -0.15) is 0 Å². The lowest BCUT2D eigenvalue weighted by Gasteiger charge is -2.30. The Labute approximate surface area is 127 Å². The van der Waals surface area contributed by atoms with Crippen LogP contribution in [0.3, 0.4) is 0 Å². The predicted molar refractivity (Wildman–Crippen MR) is 78.6 cm³/mol. The van der Waals surface area contributed by atoms with E-state index in [4.69, 9.17) is 16.3 Å². The molecule has 0 spiro atoms. The molecule has 1 saturated heterocycles. The highest BCUT2D eigenvalue weighted by molar-refractivity contribution is 6.32. The molecule has 0 atom stereocenters. The zero-order valence-corrected chi connectivity index (χ0v) is 12.5. The first kappa shape index (κ1) is 15.6. The van der Waals surface area contributed by atoms with Crippen LogP contribution in [0.5, 0.6) is 5.75 Å². The van der Waals surface area contributed by atoms with E-state index in [2.05, 4.69) is 6.92 Å². The molecule has 0 saturated carbocycles. The van der Waals surface area contributed by atoms with Gasteiger partial charge in [-0.1, -0.05) is 18.5 Å². The highest BCUT2D eigenvalue weighted by atomic mass is 35.5. The summed E-state index contributed by atoms with van der Waals surface area (Å²) in [5.41, 5.74) is -0.180. The van der Waals surface area contributed by atoms with E-state index in [1.54, 1.807) is 4.90 Å². The number of piperidine rings is 1. The number of carbonyl (C=O) groups is 1. The molecule has 114 valence electrons. The zero-order valence-electron chi connectivity index (χ0n) is 11.8. The van der Waals surface area contributed by atoms with Crippen LogP contribution >= 0.6 is 11.6 Å². The first-order chi connectivity index (χ1) is 9.97. The molecular formula is C14H17ClN2O4. The normalized spacial score (nSPS) is 15.8. The molecule has 1 aliphatic heterocycles. The first-order valence-electron chi connectivity index (χ1n) is 6.82. The zero-order chi connectivity index (χ0) is 15.4. The van der Waals surface area contributed by atoms with E-state index in [0.717, 1.165) is 25.9 Å². The van der Waals surface area contributed by atoms with Crippen molar-refractivity contribution in [3.8, 4) is 5.75 Å². The molecule has 1 aliphatic rings. The summed E-state index contributed by atoms with van der Waals surface area (Å²) in [6.45, 7) is 3.61. The number of amides is 1. The number of nitro groups is 1. The van der Waals surface area contributed by atoms with Gasteiger partial charge in [-0.3, -0.25) is 14.9 Å². The van der Waals surface area contributed by atoms with Gasteiger partial charge in [-0.25, -0.2) is 0 Å². The second-order valence-electron chi connectivity index (χ2n) is 5.22. The number of likely N-dealkylation sites (tertiary alicyclic amines) is 1. The van der Waals surface area contributed by atoms with E-state index in [-0.39, 0.29) is 23.2 Å². The van der Waals surface area contributed by atoms with Crippen LogP contribution in [0.2, 0.25) is 5.02 Å². The summed E-state index contributed by atoms with van der Waals surface area (Å²) in [5.74, 6) is 0.934. The minimum Gasteiger partial charge on any atom is -0.484 e. The van der Waals surface area contributed by atoms with Crippen molar-refractivity contribution in [1.29, 1.82) is 0 Å². The van der Waals surface area contributed by atoms with Crippen molar-refractivity contribution < 1.29 is 14.5 Å². The second-order valence-corrected chi connectivity index (χ2v) is 5.63. The predicted octanol–water partition coefficient (Wildman–Crippen LogP) is 2.89. The van der Waals surface area contributed by atoms with Gasteiger partial charge in [0.1, 0.15) is 10.8 Å². The summed E-state index contributed by atoms with van der Waals surface area (Å²) in [6, 6.07) is 4.06. The van der Waals surface area contributed by atoms with Crippen LogP contribution in [0.4, 0.5) is 5.69 Å². The Morgan fingerprint density at radius 1 is 1.48 bits per heavy atom. The molecule has 1 heterocycles. The van der Waals surface area contributed by atoms with E-state index in [1.807, 2.05) is 0 Å². The highest BCUT2D eigenvalue weighted by Crippen LogP contribution is 2.28. The van der Waals surface area contributed by atoms with Gasteiger partial charge in [0.05, 0.1) is 4.92 Å². The van der Waals surface area contributed by atoms with Crippen molar-refractivity contribution in [2.24, 2.45) is 5.92 Å². The number of carbonyl (C=O) groups excluding carboxylic acids is 1. The quantitative estimate of drug-likeness (QED) is 0.633. The maximum absolute atomic E-state index is 12.0. The molecule has 1 amide bonds. The fourth-order valence-corrected chi connectivity index (χ4v) is 2.46. The lowest BCUT2D eigenvalue weighted by Crippen LogP contribution is -2.40. The van der Waals surface area contributed by atoms with Gasteiger partial charge >= 0.3 is 0 Å². The molecule has 6 nitrogen and oxygen atoms in total. The highest BCUT2D eigenvalue weighted by Gasteiger charge is 2.20. The van der Waals surface area contributed by atoms with Crippen LogP contribution in [-0.2, 0) is 4.79 Å². The molecule has 1 aromatic carbocycles. The Bertz CT molecular complexity index is 542. The molecule has 2 rings (SSSR count). The Morgan fingerprint density at radius 2 is 2.14 bits per heavy atom. The van der Waals surface area contributed by atoms with E-state index in [1.165, 1.54) is 18.2 Å². The van der Waals surface area contributed by atoms with Crippen LogP contribution in [-0.4, -0.2) is 35.4 Å². The van der Waals surface area contributed by atoms with Gasteiger partial charge in [0.15, 0.2) is 6.61 Å². The second kappa shape index (κ2) is 6.76. The van der Waals surface area contributed by atoms with E-state index in [0.29, 0.717) is 11.7 Å². The number of benzene rings is 1. The number of hydrogen-bond acceptors (Lipinski definition) is 4. The molecule has 1 fully saturated rings. The summed E-state index contributed by atoms with van der Waals surface area (Å²) in [4.78, 5) is 23.9. The molecule has 21 heavy (non-hydrogen) atoms. The Morgan fingerprint density at radius 3 is 2.71 bits per heavy atom. The topological polar surface area (TPSA) is 72.7 Å². The van der Waals surface area contributed by atoms with Gasteiger partial charge in [-0.05, 0) is 24.8 Å². The first-order valence-corrected chi connectivity index (χ1v) is 7.19. The van der Waals surface area contributed by atoms with Crippen molar-refractivity contribution in [3.63, 3.8) is 0 Å². The van der Waals surface area contributed by atoms with Crippen molar-refractivity contribution in [1.82, 2.24) is 4.90 Å². The maximum atomic E-state index is 12.0. The van der Waals surface area contributed by atoms with Crippen molar-refractivity contribution in [3.05, 3.63) is 33.3 Å². The monoisotopic (exact) mass is 312 g/mol. The van der Waals surface area contributed by atoms with Crippen LogP contribution in [0.15, 0.2) is 18.2 Å². The number of hydrogen-bond donors (Lipinski definition) is 0. The molecule has 0 N–H and O–H groups in total. The van der Waals surface area contributed by atoms with Crippen molar-refractivity contribution in [2.45, 2.75) is 19.8 Å². The average molecular weight is 313 g/mol. The van der Waals surface area contributed by atoms with Gasteiger partial charge in [0.2, 0.25) is 0 Å². The fraction of sp³-hybridized carbons (Fsp3) is 0.500. The molecule has 0 radical (unpaired) electrons. The Kier molecular flexibility index (Phi) is 5.01. The third kappa shape index (κ3) is 4.07. The molecule has 0 aromatic heterocycles. The van der Waals surface area contributed by atoms with Crippen LogP contribution < -0.4 is 4.74 Å². The molecular weight excluding hydrogens is 296 g/mol. The van der Waals surface area contributed by atoms with Crippen molar-refractivity contribution >= 4 is 23.2 Å². The number of rotatable bonds is 4. The molecule has 1 aromatic rings. The van der Waals surface area contributed by atoms with E-state index >= 15 is 0 Å². The maximum Gasteiger partial charge on any atom is 0.288 e. The third-order valence-electron chi connectivity index (χ3n) is 3.61. The van der Waals surface area contributed by atoms with E-state index < -0.39 is 4.92 Å².